The SMILES string of the molecule is COc1ccc(CN2CCN(C=Cc3ccccc3)CC2)cc1OC. The van der Waals surface area contributed by atoms with Gasteiger partial charge in [-0.05, 0) is 35.5 Å². The standard InChI is InChI=1S/C21H26N2O2/c1-24-20-9-8-19(16-21(20)25-2)17-23-14-12-22(13-15-23)11-10-18-6-4-3-5-7-18/h3-11,16H,12-15,17H2,1-2H3. The molecule has 0 aliphatic carbocycles. The van der Waals surface area contributed by atoms with E-state index in [0.29, 0.717) is 0 Å². The third-order valence-corrected chi connectivity index (χ3v) is 4.54. The van der Waals surface area contributed by atoms with Gasteiger partial charge in [0.2, 0.25) is 0 Å². The Balaban J connectivity index is 1.52. The topological polar surface area (TPSA) is 24.9 Å². The third kappa shape index (κ3) is 4.77. The van der Waals surface area contributed by atoms with E-state index in [1.165, 1.54) is 11.1 Å². The monoisotopic (exact) mass is 338 g/mol. The van der Waals surface area contributed by atoms with Crippen molar-refractivity contribution in [2.75, 3.05) is 40.4 Å². The van der Waals surface area contributed by atoms with Crippen molar-refractivity contribution in [3.63, 3.8) is 0 Å². The highest BCUT2D eigenvalue weighted by Gasteiger charge is 2.15. The summed E-state index contributed by atoms with van der Waals surface area (Å²) in [6.07, 6.45) is 4.40. The van der Waals surface area contributed by atoms with Gasteiger partial charge in [0.15, 0.2) is 11.5 Å². The lowest BCUT2D eigenvalue weighted by molar-refractivity contribution is 0.162. The Morgan fingerprint density at radius 1 is 0.880 bits per heavy atom. The van der Waals surface area contributed by atoms with E-state index < -0.39 is 0 Å². The average molecular weight is 338 g/mol. The summed E-state index contributed by atoms with van der Waals surface area (Å²) in [6, 6.07) is 16.6. The van der Waals surface area contributed by atoms with Crippen LogP contribution in [0.5, 0.6) is 11.5 Å². The van der Waals surface area contributed by atoms with Crippen LogP contribution in [0.3, 0.4) is 0 Å². The van der Waals surface area contributed by atoms with Crippen molar-refractivity contribution in [3.05, 3.63) is 65.9 Å². The number of hydrogen-bond acceptors (Lipinski definition) is 4. The zero-order valence-corrected chi connectivity index (χ0v) is 15.0. The lowest BCUT2D eigenvalue weighted by atomic mass is 10.1. The fraction of sp³-hybridized carbons (Fsp3) is 0.333. The van der Waals surface area contributed by atoms with Crippen LogP contribution >= 0.6 is 0 Å². The molecule has 2 aromatic rings. The number of benzene rings is 2. The molecule has 2 aromatic carbocycles. The summed E-state index contributed by atoms with van der Waals surface area (Å²) < 4.78 is 10.7. The van der Waals surface area contributed by atoms with Crippen LogP contribution < -0.4 is 9.47 Å². The van der Waals surface area contributed by atoms with Crippen LogP contribution in [0.2, 0.25) is 0 Å². The molecule has 25 heavy (non-hydrogen) atoms. The summed E-state index contributed by atoms with van der Waals surface area (Å²) >= 11 is 0. The van der Waals surface area contributed by atoms with E-state index in [1.54, 1.807) is 14.2 Å². The summed E-state index contributed by atoms with van der Waals surface area (Å²) in [5.41, 5.74) is 2.50. The third-order valence-electron chi connectivity index (χ3n) is 4.54. The molecule has 1 saturated heterocycles. The summed E-state index contributed by atoms with van der Waals surface area (Å²) in [5.74, 6) is 1.58. The Bertz CT molecular complexity index is 692. The number of hydrogen-bond donors (Lipinski definition) is 0. The Hall–Kier alpha value is -2.46. The maximum atomic E-state index is 5.40. The molecule has 0 spiro atoms. The summed E-state index contributed by atoms with van der Waals surface area (Å²) in [5, 5.41) is 0. The number of piperazine rings is 1. The fourth-order valence-electron chi connectivity index (χ4n) is 3.06. The molecule has 4 heteroatoms. The summed E-state index contributed by atoms with van der Waals surface area (Å²) in [6.45, 7) is 5.17. The van der Waals surface area contributed by atoms with Gasteiger partial charge in [0.25, 0.3) is 0 Å². The minimum atomic E-state index is 0.780. The molecule has 1 aliphatic heterocycles. The van der Waals surface area contributed by atoms with Crippen LogP contribution in [0.1, 0.15) is 11.1 Å². The molecule has 1 heterocycles. The van der Waals surface area contributed by atoms with E-state index >= 15 is 0 Å². The number of rotatable bonds is 6. The number of methoxy groups -OCH3 is 2. The minimum Gasteiger partial charge on any atom is -0.493 e. The van der Waals surface area contributed by atoms with Crippen LogP contribution in [0.15, 0.2) is 54.7 Å². The van der Waals surface area contributed by atoms with Crippen LogP contribution in [-0.2, 0) is 6.54 Å². The first-order chi connectivity index (χ1) is 12.3. The quantitative estimate of drug-likeness (QED) is 0.805. The van der Waals surface area contributed by atoms with Crippen molar-refractivity contribution < 1.29 is 9.47 Å². The molecular weight excluding hydrogens is 312 g/mol. The molecule has 132 valence electrons. The largest absolute Gasteiger partial charge is 0.493 e. The maximum Gasteiger partial charge on any atom is 0.161 e. The highest BCUT2D eigenvalue weighted by atomic mass is 16.5. The lowest BCUT2D eigenvalue weighted by Gasteiger charge is -2.34. The van der Waals surface area contributed by atoms with Gasteiger partial charge in [-0.15, -0.1) is 0 Å². The Morgan fingerprint density at radius 3 is 2.28 bits per heavy atom. The van der Waals surface area contributed by atoms with E-state index in [4.69, 9.17) is 9.47 Å². The Labute approximate surface area is 150 Å². The Morgan fingerprint density at radius 2 is 1.60 bits per heavy atom. The van der Waals surface area contributed by atoms with Gasteiger partial charge in [-0.1, -0.05) is 36.4 Å². The van der Waals surface area contributed by atoms with Crippen molar-refractivity contribution in [1.82, 2.24) is 9.80 Å². The average Bonchev–Trinajstić information content (AvgIpc) is 2.68. The first-order valence-electron chi connectivity index (χ1n) is 8.69. The zero-order valence-electron chi connectivity index (χ0n) is 15.0. The fourth-order valence-corrected chi connectivity index (χ4v) is 3.06. The molecule has 0 amide bonds. The van der Waals surface area contributed by atoms with E-state index in [2.05, 4.69) is 58.5 Å². The van der Waals surface area contributed by atoms with Crippen molar-refractivity contribution in [2.24, 2.45) is 0 Å². The van der Waals surface area contributed by atoms with Gasteiger partial charge in [-0.3, -0.25) is 4.90 Å². The van der Waals surface area contributed by atoms with E-state index in [-0.39, 0.29) is 0 Å². The van der Waals surface area contributed by atoms with Gasteiger partial charge in [-0.25, -0.2) is 0 Å². The zero-order chi connectivity index (χ0) is 17.5. The van der Waals surface area contributed by atoms with Crippen molar-refractivity contribution >= 4 is 6.08 Å². The number of nitrogens with zero attached hydrogens (tertiary/aromatic N) is 2. The minimum absolute atomic E-state index is 0.780. The van der Waals surface area contributed by atoms with Gasteiger partial charge in [-0.2, -0.15) is 0 Å². The molecule has 1 fully saturated rings. The first-order valence-corrected chi connectivity index (χ1v) is 8.69. The molecular formula is C21H26N2O2. The molecule has 4 nitrogen and oxygen atoms in total. The van der Waals surface area contributed by atoms with E-state index in [9.17, 15) is 0 Å². The lowest BCUT2D eigenvalue weighted by Crippen LogP contribution is -2.43. The van der Waals surface area contributed by atoms with Gasteiger partial charge in [0.1, 0.15) is 0 Å². The van der Waals surface area contributed by atoms with E-state index in [1.807, 2.05) is 12.1 Å². The van der Waals surface area contributed by atoms with Crippen molar-refractivity contribution in [1.29, 1.82) is 0 Å². The molecule has 0 unspecified atom stereocenters. The summed E-state index contributed by atoms with van der Waals surface area (Å²) in [4.78, 5) is 4.87. The summed E-state index contributed by atoms with van der Waals surface area (Å²) in [7, 11) is 3.35. The van der Waals surface area contributed by atoms with Gasteiger partial charge in [0.05, 0.1) is 14.2 Å². The van der Waals surface area contributed by atoms with Crippen molar-refractivity contribution in [2.45, 2.75) is 6.54 Å². The molecule has 0 bridgehead atoms. The first kappa shape index (κ1) is 17.4. The van der Waals surface area contributed by atoms with Crippen LogP contribution in [-0.4, -0.2) is 50.2 Å². The van der Waals surface area contributed by atoms with Crippen molar-refractivity contribution in [3.8, 4) is 11.5 Å². The molecule has 0 aromatic heterocycles. The second kappa shape index (κ2) is 8.58. The normalized spacial score (nSPS) is 15.5. The second-order valence-electron chi connectivity index (χ2n) is 6.23. The highest BCUT2D eigenvalue weighted by molar-refractivity contribution is 5.48. The molecule has 0 atom stereocenters. The van der Waals surface area contributed by atoms with Crippen LogP contribution in [0.25, 0.3) is 6.08 Å². The second-order valence-corrected chi connectivity index (χ2v) is 6.23. The molecule has 1 aliphatic rings. The van der Waals surface area contributed by atoms with Crippen LogP contribution in [0, 0.1) is 0 Å². The van der Waals surface area contributed by atoms with Gasteiger partial charge in [0, 0.05) is 32.7 Å². The smallest absolute Gasteiger partial charge is 0.161 e. The number of ether oxygens (including phenoxy) is 2. The molecule has 0 N–H and O–H groups in total. The van der Waals surface area contributed by atoms with Gasteiger partial charge >= 0.3 is 0 Å². The Kier molecular flexibility index (Phi) is 5.96. The van der Waals surface area contributed by atoms with E-state index in [0.717, 1.165) is 44.2 Å². The predicted molar refractivity (Wildman–Crippen MR) is 102 cm³/mol. The maximum absolute atomic E-state index is 5.40. The molecule has 0 radical (unpaired) electrons. The predicted octanol–water partition coefficient (Wildman–Crippen LogP) is 3.49. The molecule has 3 rings (SSSR count). The van der Waals surface area contributed by atoms with Gasteiger partial charge < -0.3 is 14.4 Å². The molecule has 0 saturated carbocycles. The van der Waals surface area contributed by atoms with Crippen LogP contribution in [0.4, 0.5) is 0 Å². The highest BCUT2D eigenvalue weighted by Crippen LogP contribution is 2.28.